The number of hydrogen-bond donors (Lipinski definition) is 1. The lowest BCUT2D eigenvalue weighted by atomic mass is 9.92. The first kappa shape index (κ1) is 17.9. The fraction of sp³-hybridized carbons (Fsp3) is 0.120. The van der Waals surface area contributed by atoms with Gasteiger partial charge in [0.15, 0.2) is 0 Å². The van der Waals surface area contributed by atoms with Crippen LogP contribution in [-0.2, 0) is 11.2 Å². The molecule has 0 saturated carbocycles. The van der Waals surface area contributed by atoms with Crippen LogP contribution in [0.5, 0.6) is 0 Å². The summed E-state index contributed by atoms with van der Waals surface area (Å²) in [5.41, 5.74) is 6.88. The maximum atomic E-state index is 12.9. The summed E-state index contributed by atoms with van der Waals surface area (Å²) in [5.74, 6) is -0.0355. The predicted octanol–water partition coefficient (Wildman–Crippen LogP) is 5.70. The van der Waals surface area contributed by atoms with Gasteiger partial charge in [0.2, 0.25) is 5.91 Å². The van der Waals surface area contributed by atoms with E-state index in [9.17, 15) is 4.79 Å². The highest BCUT2D eigenvalue weighted by Gasteiger charge is 2.17. The molecule has 4 aromatic rings. The molecule has 138 valence electrons. The van der Waals surface area contributed by atoms with Crippen LogP contribution in [-0.4, -0.2) is 10.9 Å². The van der Waals surface area contributed by atoms with Crippen molar-refractivity contribution < 1.29 is 4.79 Å². The van der Waals surface area contributed by atoms with E-state index < -0.39 is 0 Å². The van der Waals surface area contributed by atoms with Crippen LogP contribution in [0.1, 0.15) is 16.8 Å². The third-order valence-electron chi connectivity index (χ3n) is 5.02. The van der Waals surface area contributed by atoms with E-state index in [1.54, 1.807) is 0 Å². The summed E-state index contributed by atoms with van der Waals surface area (Å²) in [6, 6.07) is 26.2. The number of carbonyl (C=O) groups excluding carboxylic acids is 1. The van der Waals surface area contributed by atoms with Gasteiger partial charge in [-0.2, -0.15) is 0 Å². The molecule has 0 aliphatic carbocycles. The number of anilines is 1. The molecule has 4 rings (SSSR count). The Hall–Kier alpha value is -3.46. The summed E-state index contributed by atoms with van der Waals surface area (Å²) in [5, 5.41) is 4.11. The maximum absolute atomic E-state index is 12.9. The molecule has 28 heavy (non-hydrogen) atoms. The maximum Gasteiger partial charge on any atom is 0.228 e. The molecular formula is C25H22N2O. The summed E-state index contributed by atoms with van der Waals surface area (Å²) in [6.07, 6.45) is 0.280. The highest BCUT2D eigenvalue weighted by molar-refractivity contribution is 6.00. The Balaban J connectivity index is 1.79. The minimum absolute atomic E-state index is 0.0355. The van der Waals surface area contributed by atoms with Gasteiger partial charge in [0, 0.05) is 16.8 Å². The minimum atomic E-state index is -0.0355. The molecule has 0 atom stereocenters. The Bertz CT molecular complexity index is 1150. The Morgan fingerprint density at radius 3 is 2.32 bits per heavy atom. The van der Waals surface area contributed by atoms with Crippen LogP contribution in [0.25, 0.3) is 22.0 Å². The molecule has 0 bridgehead atoms. The van der Waals surface area contributed by atoms with Crippen molar-refractivity contribution in [2.24, 2.45) is 0 Å². The smallest absolute Gasteiger partial charge is 0.228 e. The van der Waals surface area contributed by atoms with E-state index in [-0.39, 0.29) is 12.3 Å². The van der Waals surface area contributed by atoms with Gasteiger partial charge in [-0.1, -0.05) is 66.7 Å². The Morgan fingerprint density at radius 2 is 1.54 bits per heavy atom. The van der Waals surface area contributed by atoms with Crippen molar-refractivity contribution in [2.45, 2.75) is 20.3 Å². The lowest BCUT2D eigenvalue weighted by Gasteiger charge is -2.16. The van der Waals surface area contributed by atoms with Gasteiger partial charge >= 0.3 is 0 Å². The van der Waals surface area contributed by atoms with E-state index in [2.05, 4.69) is 23.5 Å². The molecular weight excluding hydrogens is 344 g/mol. The average molecular weight is 366 g/mol. The van der Waals surface area contributed by atoms with Gasteiger partial charge in [-0.15, -0.1) is 0 Å². The van der Waals surface area contributed by atoms with Crippen molar-refractivity contribution in [3.05, 3.63) is 95.7 Å². The van der Waals surface area contributed by atoms with Crippen molar-refractivity contribution in [2.75, 3.05) is 5.32 Å². The van der Waals surface area contributed by atoms with Gasteiger partial charge in [-0.05, 0) is 48.2 Å². The third kappa shape index (κ3) is 3.52. The number of rotatable bonds is 4. The van der Waals surface area contributed by atoms with Crippen LogP contribution in [0.15, 0.2) is 78.9 Å². The Morgan fingerprint density at radius 1 is 0.857 bits per heavy atom. The number of hydrogen-bond acceptors (Lipinski definition) is 2. The molecule has 3 nitrogen and oxygen atoms in total. The zero-order valence-corrected chi connectivity index (χ0v) is 16.1. The summed E-state index contributed by atoms with van der Waals surface area (Å²) >= 11 is 0. The lowest BCUT2D eigenvalue weighted by molar-refractivity contribution is -0.115. The van der Waals surface area contributed by atoms with Crippen molar-refractivity contribution in [3.63, 3.8) is 0 Å². The molecule has 0 radical (unpaired) electrons. The number of benzene rings is 3. The SMILES string of the molecule is Cc1ccccc1NC(=O)Cc1c(C)nc2ccccc2c1-c1ccccc1. The number of nitrogens with one attached hydrogen (secondary N) is 1. The summed E-state index contributed by atoms with van der Waals surface area (Å²) in [4.78, 5) is 17.6. The number of pyridine rings is 1. The van der Waals surface area contributed by atoms with Crippen molar-refractivity contribution in [3.8, 4) is 11.1 Å². The molecule has 0 aliphatic heterocycles. The third-order valence-corrected chi connectivity index (χ3v) is 5.02. The molecule has 1 heterocycles. The van der Waals surface area contributed by atoms with E-state index in [0.717, 1.165) is 44.5 Å². The predicted molar refractivity (Wildman–Crippen MR) is 115 cm³/mol. The van der Waals surface area contributed by atoms with Gasteiger partial charge in [0.1, 0.15) is 0 Å². The summed E-state index contributed by atoms with van der Waals surface area (Å²) < 4.78 is 0. The zero-order chi connectivity index (χ0) is 19.5. The first-order chi connectivity index (χ1) is 13.6. The fourth-order valence-corrected chi connectivity index (χ4v) is 3.59. The topological polar surface area (TPSA) is 42.0 Å². The quantitative estimate of drug-likeness (QED) is 0.503. The van der Waals surface area contributed by atoms with Gasteiger partial charge in [0.25, 0.3) is 0 Å². The Kier molecular flexibility index (Phi) is 4.90. The van der Waals surface area contributed by atoms with Crippen molar-refractivity contribution in [1.82, 2.24) is 4.98 Å². The number of nitrogens with zero attached hydrogens (tertiary/aromatic N) is 1. The molecule has 1 amide bonds. The van der Waals surface area contributed by atoms with Crippen LogP contribution >= 0.6 is 0 Å². The second kappa shape index (κ2) is 7.65. The highest BCUT2D eigenvalue weighted by Crippen LogP contribution is 2.33. The fourth-order valence-electron chi connectivity index (χ4n) is 3.59. The normalized spacial score (nSPS) is 10.8. The van der Waals surface area contributed by atoms with Gasteiger partial charge < -0.3 is 5.32 Å². The number of amides is 1. The summed E-state index contributed by atoms with van der Waals surface area (Å²) in [7, 11) is 0. The molecule has 0 aliphatic rings. The van der Waals surface area contributed by atoms with Crippen LogP contribution < -0.4 is 5.32 Å². The Labute approximate surface area is 165 Å². The van der Waals surface area contributed by atoms with Crippen molar-refractivity contribution in [1.29, 1.82) is 0 Å². The second-order valence-corrected chi connectivity index (χ2v) is 6.97. The number of carbonyl (C=O) groups is 1. The number of para-hydroxylation sites is 2. The molecule has 0 unspecified atom stereocenters. The second-order valence-electron chi connectivity index (χ2n) is 6.97. The van der Waals surface area contributed by atoms with Crippen LogP contribution in [0.2, 0.25) is 0 Å². The van der Waals surface area contributed by atoms with Gasteiger partial charge in [0.05, 0.1) is 11.9 Å². The molecule has 1 N–H and O–H groups in total. The van der Waals surface area contributed by atoms with Crippen LogP contribution in [0, 0.1) is 13.8 Å². The van der Waals surface area contributed by atoms with Gasteiger partial charge in [-0.25, -0.2) is 0 Å². The first-order valence-corrected chi connectivity index (χ1v) is 9.42. The van der Waals surface area contributed by atoms with E-state index >= 15 is 0 Å². The zero-order valence-electron chi connectivity index (χ0n) is 16.1. The molecule has 0 fully saturated rings. The van der Waals surface area contributed by atoms with E-state index in [4.69, 9.17) is 4.98 Å². The van der Waals surface area contributed by atoms with Crippen molar-refractivity contribution >= 4 is 22.5 Å². The number of fused-ring (bicyclic) bond motifs is 1. The largest absolute Gasteiger partial charge is 0.326 e. The number of aromatic nitrogens is 1. The van der Waals surface area contributed by atoms with Crippen LogP contribution in [0.3, 0.4) is 0 Å². The highest BCUT2D eigenvalue weighted by atomic mass is 16.1. The molecule has 1 aromatic heterocycles. The monoisotopic (exact) mass is 366 g/mol. The molecule has 0 spiro atoms. The first-order valence-electron chi connectivity index (χ1n) is 9.42. The number of aryl methyl sites for hydroxylation is 2. The molecule has 0 saturated heterocycles. The molecule has 3 heteroatoms. The summed E-state index contributed by atoms with van der Waals surface area (Å²) in [6.45, 7) is 3.98. The van der Waals surface area contributed by atoms with Crippen LogP contribution in [0.4, 0.5) is 5.69 Å². The van der Waals surface area contributed by atoms with E-state index in [0.29, 0.717) is 0 Å². The van der Waals surface area contributed by atoms with E-state index in [1.165, 1.54) is 0 Å². The standard InChI is InChI=1S/C25H22N2O/c1-17-10-6-8-14-22(17)27-24(28)16-21-18(2)26-23-15-9-7-13-20(23)25(21)19-11-4-3-5-12-19/h3-15H,16H2,1-2H3,(H,27,28). The van der Waals surface area contributed by atoms with E-state index in [1.807, 2.05) is 74.5 Å². The minimum Gasteiger partial charge on any atom is -0.326 e. The van der Waals surface area contributed by atoms with Gasteiger partial charge in [-0.3, -0.25) is 9.78 Å². The molecule has 3 aromatic carbocycles. The lowest BCUT2D eigenvalue weighted by Crippen LogP contribution is -2.17. The average Bonchev–Trinajstić information content (AvgIpc) is 2.71.